The van der Waals surface area contributed by atoms with E-state index in [0.29, 0.717) is 22.6 Å². The lowest BCUT2D eigenvalue weighted by Crippen LogP contribution is -2.21. The highest BCUT2D eigenvalue weighted by Gasteiger charge is 2.07. The summed E-state index contributed by atoms with van der Waals surface area (Å²) in [7, 11) is 1.55. The maximum absolute atomic E-state index is 11.9. The molecule has 2 rings (SSSR count). The molecule has 0 spiro atoms. The lowest BCUT2D eigenvalue weighted by molar-refractivity contribution is 0.391. The fourth-order valence-corrected chi connectivity index (χ4v) is 2.14. The van der Waals surface area contributed by atoms with Crippen molar-refractivity contribution in [3.63, 3.8) is 0 Å². The van der Waals surface area contributed by atoms with Gasteiger partial charge in [-0.25, -0.2) is 4.98 Å². The summed E-state index contributed by atoms with van der Waals surface area (Å²) < 4.78 is 7.10. The third-order valence-corrected chi connectivity index (χ3v) is 3.02. The summed E-state index contributed by atoms with van der Waals surface area (Å²) in [6.07, 6.45) is 3.24. The van der Waals surface area contributed by atoms with Crippen LogP contribution in [0.15, 0.2) is 39.9 Å². The summed E-state index contributed by atoms with van der Waals surface area (Å²) in [5.74, 6) is 0.503. The van der Waals surface area contributed by atoms with Gasteiger partial charge in [0.15, 0.2) is 0 Å². The Morgan fingerprint density at radius 3 is 3.06 bits per heavy atom. The number of nitrogen functional groups attached to an aromatic ring is 1. The van der Waals surface area contributed by atoms with Crippen molar-refractivity contribution in [3.05, 3.63) is 51.0 Å². The second-order valence-corrected chi connectivity index (χ2v) is 4.58. The first-order valence-corrected chi connectivity index (χ1v) is 6.04. The van der Waals surface area contributed by atoms with Crippen molar-refractivity contribution in [1.29, 1.82) is 0 Å². The van der Waals surface area contributed by atoms with Crippen molar-refractivity contribution in [2.24, 2.45) is 0 Å². The van der Waals surface area contributed by atoms with Crippen molar-refractivity contribution in [1.82, 2.24) is 9.55 Å². The molecule has 5 nitrogen and oxygen atoms in total. The van der Waals surface area contributed by atoms with E-state index in [4.69, 9.17) is 10.5 Å². The Labute approximate surface area is 112 Å². The number of methoxy groups -OCH3 is 1. The number of aromatic nitrogens is 2. The first-order chi connectivity index (χ1) is 8.61. The van der Waals surface area contributed by atoms with Gasteiger partial charge in [0.05, 0.1) is 18.1 Å². The molecule has 0 aliphatic carbocycles. The Hall–Kier alpha value is -1.82. The number of ether oxygens (including phenoxy) is 1. The standard InChI is InChI=1S/C12H12BrN3O2/c1-18-11-8(3-2-4-15-11)6-16-7-9(14)5-10(13)12(16)17/h2-5,7H,6,14H2,1H3. The monoisotopic (exact) mass is 309 g/mol. The van der Waals surface area contributed by atoms with E-state index in [0.717, 1.165) is 5.56 Å². The normalized spacial score (nSPS) is 10.3. The maximum atomic E-state index is 11.9. The minimum absolute atomic E-state index is 0.143. The van der Waals surface area contributed by atoms with E-state index in [-0.39, 0.29) is 5.56 Å². The minimum atomic E-state index is -0.143. The molecule has 0 aromatic carbocycles. The molecule has 0 bridgehead atoms. The van der Waals surface area contributed by atoms with Crippen LogP contribution < -0.4 is 16.0 Å². The number of halogens is 1. The fourth-order valence-electron chi connectivity index (χ4n) is 1.65. The molecule has 0 saturated carbocycles. The summed E-state index contributed by atoms with van der Waals surface area (Å²) in [6, 6.07) is 5.24. The Balaban J connectivity index is 2.43. The molecule has 0 unspecified atom stereocenters. The summed E-state index contributed by atoms with van der Waals surface area (Å²) in [6.45, 7) is 0.361. The first kappa shape index (κ1) is 12.6. The van der Waals surface area contributed by atoms with E-state index in [1.54, 1.807) is 31.6 Å². The molecular formula is C12H12BrN3O2. The number of nitrogens with zero attached hydrogens (tertiary/aromatic N) is 2. The van der Waals surface area contributed by atoms with Gasteiger partial charge in [0, 0.05) is 23.6 Å². The van der Waals surface area contributed by atoms with Gasteiger partial charge in [0.1, 0.15) is 0 Å². The molecule has 2 aromatic rings. The molecule has 0 amide bonds. The molecule has 0 atom stereocenters. The van der Waals surface area contributed by atoms with Crippen molar-refractivity contribution in [2.75, 3.05) is 12.8 Å². The maximum Gasteiger partial charge on any atom is 0.265 e. The minimum Gasteiger partial charge on any atom is -0.481 e. The fraction of sp³-hybridized carbons (Fsp3) is 0.167. The highest BCUT2D eigenvalue weighted by molar-refractivity contribution is 9.10. The van der Waals surface area contributed by atoms with Crippen LogP contribution in [0.5, 0.6) is 5.88 Å². The van der Waals surface area contributed by atoms with E-state index in [2.05, 4.69) is 20.9 Å². The highest BCUT2D eigenvalue weighted by atomic mass is 79.9. The number of anilines is 1. The number of hydrogen-bond donors (Lipinski definition) is 1. The summed E-state index contributed by atoms with van der Waals surface area (Å²) in [5.41, 5.74) is 6.91. The molecular weight excluding hydrogens is 298 g/mol. The number of rotatable bonds is 3. The van der Waals surface area contributed by atoms with Crippen LogP contribution in [0.2, 0.25) is 0 Å². The van der Waals surface area contributed by atoms with Gasteiger partial charge in [-0.15, -0.1) is 0 Å². The van der Waals surface area contributed by atoms with Crippen molar-refractivity contribution in [3.8, 4) is 5.88 Å². The van der Waals surface area contributed by atoms with Crippen molar-refractivity contribution >= 4 is 21.6 Å². The zero-order valence-electron chi connectivity index (χ0n) is 9.76. The molecule has 2 N–H and O–H groups in total. The first-order valence-electron chi connectivity index (χ1n) is 5.25. The van der Waals surface area contributed by atoms with E-state index in [1.165, 1.54) is 4.57 Å². The van der Waals surface area contributed by atoms with Gasteiger partial charge < -0.3 is 15.0 Å². The summed E-state index contributed by atoms with van der Waals surface area (Å²) in [4.78, 5) is 16.0. The van der Waals surface area contributed by atoms with Gasteiger partial charge in [-0.1, -0.05) is 6.07 Å². The van der Waals surface area contributed by atoms with Crippen molar-refractivity contribution in [2.45, 2.75) is 6.54 Å². The number of pyridine rings is 2. The number of nitrogens with two attached hydrogens (primary N) is 1. The second-order valence-electron chi connectivity index (χ2n) is 3.73. The Bertz CT molecular complexity index is 625. The van der Waals surface area contributed by atoms with Gasteiger partial charge in [-0.3, -0.25) is 4.79 Å². The molecule has 94 valence electrons. The van der Waals surface area contributed by atoms with E-state index in [9.17, 15) is 4.79 Å². The SMILES string of the molecule is COc1ncccc1Cn1cc(N)cc(Br)c1=O. The third-order valence-electron chi connectivity index (χ3n) is 2.45. The van der Waals surface area contributed by atoms with E-state index < -0.39 is 0 Å². The third kappa shape index (κ3) is 2.53. The summed E-state index contributed by atoms with van der Waals surface area (Å²) in [5, 5.41) is 0. The molecule has 2 heterocycles. The van der Waals surface area contributed by atoms with Crippen LogP contribution in [0.3, 0.4) is 0 Å². The summed E-state index contributed by atoms with van der Waals surface area (Å²) >= 11 is 3.19. The van der Waals surface area contributed by atoms with E-state index in [1.807, 2.05) is 6.07 Å². The van der Waals surface area contributed by atoms with Gasteiger partial charge in [-0.2, -0.15) is 0 Å². The highest BCUT2D eigenvalue weighted by Crippen LogP contribution is 2.16. The van der Waals surface area contributed by atoms with Crippen LogP contribution in [-0.2, 0) is 6.54 Å². The molecule has 6 heteroatoms. The molecule has 2 aromatic heterocycles. The average molecular weight is 310 g/mol. The smallest absolute Gasteiger partial charge is 0.265 e. The second kappa shape index (κ2) is 5.22. The molecule has 18 heavy (non-hydrogen) atoms. The predicted octanol–water partition coefficient (Wildman–Crippen LogP) is 1.64. The zero-order chi connectivity index (χ0) is 13.1. The molecule has 0 aliphatic heterocycles. The van der Waals surface area contributed by atoms with Crippen LogP contribution in [-0.4, -0.2) is 16.7 Å². The van der Waals surface area contributed by atoms with Crippen LogP contribution in [0, 0.1) is 0 Å². The molecule has 0 fully saturated rings. The quantitative estimate of drug-likeness (QED) is 0.936. The van der Waals surface area contributed by atoms with Crippen molar-refractivity contribution < 1.29 is 4.74 Å². The van der Waals surface area contributed by atoms with Crippen LogP contribution in [0.25, 0.3) is 0 Å². The zero-order valence-corrected chi connectivity index (χ0v) is 11.3. The van der Waals surface area contributed by atoms with Gasteiger partial charge in [0.2, 0.25) is 5.88 Å². The van der Waals surface area contributed by atoms with Crippen LogP contribution in [0.4, 0.5) is 5.69 Å². The lowest BCUT2D eigenvalue weighted by atomic mass is 10.2. The van der Waals surface area contributed by atoms with Crippen LogP contribution in [0.1, 0.15) is 5.56 Å². The van der Waals surface area contributed by atoms with Gasteiger partial charge >= 0.3 is 0 Å². The molecule has 0 saturated heterocycles. The predicted molar refractivity (Wildman–Crippen MR) is 72.7 cm³/mol. The lowest BCUT2D eigenvalue weighted by Gasteiger charge is -2.10. The number of hydrogen-bond acceptors (Lipinski definition) is 4. The van der Waals surface area contributed by atoms with E-state index >= 15 is 0 Å². The average Bonchev–Trinajstić information content (AvgIpc) is 2.36. The topological polar surface area (TPSA) is 70.1 Å². The Morgan fingerprint density at radius 2 is 2.33 bits per heavy atom. The van der Waals surface area contributed by atoms with Gasteiger partial charge in [-0.05, 0) is 28.1 Å². The Morgan fingerprint density at radius 1 is 1.56 bits per heavy atom. The van der Waals surface area contributed by atoms with Crippen LogP contribution >= 0.6 is 15.9 Å². The largest absolute Gasteiger partial charge is 0.481 e. The Kier molecular flexibility index (Phi) is 3.66. The molecule has 0 radical (unpaired) electrons. The van der Waals surface area contributed by atoms with Gasteiger partial charge in [0.25, 0.3) is 5.56 Å². The molecule has 0 aliphatic rings.